The van der Waals surface area contributed by atoms with Gasteiger partial charge in [0.25, 0.3) is 5.91 Å². The molecule has 124 valence electrons. The van der Waals surface area contributed by atoms with Crippen LogP contribution in [0.4, 0.5) is 4.39 Å². The molecule has 2 aromatic rings. The van der Waals surface area contributed by atoms with Gasteiger partial charge in [-0.25, -0.2) is 4.39 Å². The number of aromatic nitrogens is 2. The van der Waals surface area contributed by atoms with Crippen molar-refractivity contribution in [2.24, 2.45) is 0 Å². The van der Waals surface area contributed by atoms with Crippen LogP contribution in [0.1, 0.15) is 25.1 Å². The Morgan fingerprint density at radius 3 is 2.96 bits per heavy atom. The van der Waals surface area contributed by atoms with E-state index in [-0.39, 0.29) is 16.7 Å². The van der Waals surface area contributed by atoms with Gasteiger partial charge in [0, 0.05) is 13.0 Å². The number of hydrogen-bond acceptors (Lipinski definition) is 5. The Labute approximate surface area is 138 Å². The molecule has 8 heteroatoms. The lowest BCUT2D eigenvalue weighted by Crippen LogP contribution is -2.37. The first kappa shape index (κ1) is 17.2. The molecule has 1 heterocycles. The molecule has 1 aromatic heterocycles. The summed E-state index contributed by atoms with van der Waals surface area (Å²) >= 11 is 5.85. The van der Waals surface area contributed by atoms with Gasteiger partial charge in [0.05, 0.1) is 5.02 Å². The molecule has 1 aromatic carbocycles. The number of carbonyl (C=O) groups is 1. The second-order valence-corrected chi connectivity index (χ2v) is 5.37. The number of aryl methyl sites for hydroxylation is 2. The molecule has 1 atom stereocenters. The minimum atomic E-state index is -0.747. The lowest BCUT2D eigenvalue weighted by atomic mass is 10.3. The van der Waals surface area contributed by atoms with E-state index >= 15 is 0 Å². The van der Waals surface area contributed by atoms with Gasteiger partial charge in [0.2, 0.25) is 5.89 Å². The van der Waals surface area contributed by atoms with E-state index in [0.717, 1.165) is 6.07 Å². The molecule has 1 N–H and O–H groups in total. The van der Waals surface area contributed by atoms with Crippen LogP contribution in [0.2, 0.25) is 5.02 Å². The van der Waals surface area contributed by atoms with E-state index in [1.165, 1.54) is 12.1 Å². The molecule has 0 radical (unpaired) electrons. The first-order chi connectivity index (χ1) is 11.0. The monoisotopic (exact) mass is 341 g/mol. The number of hydrogen-bond donors (Lipinski definition) is 1. The van der Waals surface area contributed by atoms with E-state index < -0.39 is 11.9 Å². The normalized spacial score (nSPS) is 12.0. The van der Waals surface area contributed by atoms with E-state index in [1.807, 2.05) is 0 Å². The average molecular weight is 342 g/mol. The van der Waals surface area contributed by atoms with Gasteiger partial charge in [-0.05, 0) is 38.5 Å². The number of rotatable bonds is 7. The van der Waals surface area contributed by atoms with Gasteiger partial charge in [-0.3, -0.25) is 4.79 Å². The lowest BCUT2D eigenvalue weighted by molar-refractivity contribution is -0.127. The summed E-state index contributed by atoms with van der Waals surface area (Å²) in [4.78, 5) is 16.0. The maximum absolute atomic E-state index is 13.0. The number of amides is 1. The smallest absolute Gasteiger partial charge is 0.260 e. The highest BCUT2D eigenvalue weighted by Crippen LogP contribution is 2.25. The van der Waals surface area contributed by atoms with Crippen molar-refractivity contribution in [3.63, 3.8) is 0 Å². The van der Waals surface area contributed by atoms with Crippen molar-refractivity contribution in [2.75, 3.05) is 6.54 Å². The van der Waals surface area contributed by atoms with Crippen LogP contribution in [-0.2, 0) is 11.2 Å². The maximum atomic E-state index is 13.0. The van der Waals surface area contributed by atoms with Crippen LogP contribution in [0.25, 0.3) is 0 Å². The Balaban J connectivity index is 1.74. The standard InChI is InChI=1S/C15H17ClFN3O3/c1-9(22-13-6-5-11(17)8-12(13)16)15(21)18-7-3-4-14-19-10(2)20-23-14/h5-6,8-9H,3-4,7H2,1-2H3,(H,18,21)/t9-/m0/s1. The quantitative estimate of drug-likeness (QED) is 0.783. The Hall–Kier alpha value is -2.15. The van der Waals surface area contributed by atoms with Gasteiger partial charge in [-0.1, -0.05) is 16.8 Å². The molecule has 0 saturated heterocycles. The van der Waals surface area contributed by atoms with Crippen molar-refractivity contribution in [3.8, 4) is 5.75 Å². The SMILES string of the molecule is Cc1noc(CCCNC(=O)[C@H](C)Oc2ccc(F)cc2Cl)n1. The third-order valence-corrected chi connectivity index (χ3v) is 3.30. The van der Waals surface area contributed by atoms with Gasteiger partial charge >= 0.3 is 0 Å². The summed E-state index contributed by atoms with van der Waals surface area (Å²) in [5.41, 5.74) is 0. The topological polar surface area (TPSA) is 77.2 Å². The summed E-state index contributed by atoms with van der Waals surface area (Å²) in [5, 5.41) is 6.55. The van der Waals surface area contributed by atoms with Crippen LogP contribution in [0.15, 0.2) is 22.7 Å². The van der Waals surface area contributed by atoms with E-state index in [4.69, 9.17) is 20.9 Å². The largest absolute Gasteiger partial charge is 0.479 e. The van der Waals surface area contributed by atoms with Gasteiger partial charge in [-0.15, -0.1) is 0 Å². The van der Waals surface area contributed by atoms with Crippen LogP contribution < -0.4 is 10.1 Å². The minimum Gasteiger partial charge on any atom is -0.479 e. The first-order valence-corrected chi connectivity index (χ1v) is 7.52. The number of ether oxygens (including phenoxy) is 1. The van der Waals surface area contributed by atoms with E-state index in [2.05, 4.69) is 15.5 Å². The van der Waals surface area contributed by atoms with Crippen molar-refractivity contribution >= 4 is 17.5 Å². The zero-order valence-corrected chi connectivity index (χ0v) is 13.6. The van der Waals surface area contributed by atoms with Crippen molar-refractivity contribution in [1.29, 1.82) is 0 Å². The van der Waals surface area contributed by atoms with E-state index in [9.17, 15) is 9.18 Å². The Morgan fingerprint density at radius 1 is 1.52 bits per heavy atom. The Kier molecular flexibility index (Phi) is 5.92. The van der Waals surface area contributed by atoms with Gasteiger partial charge in [0.1, 0.15) is 11.6 Å². The highest BCUT2D eigenvalue weighted by molar-refractivity contribution is 6.32. The van der Waals surface area contributed by atoms with Crippen LogP contribution in [0, 0.1) is 12.7 Å². The molecule has 0 aliphatic heterocycles. The Morgan fingerprint density at radius 2 is 2.30 bits per heavy atom. The fourth-order valence-electron chi connectivity index (χ4n) is 1.85. The third kappa shape index (κ3) is 5.21. The first-order valence-electron chi connectivity index (χ1n) is 7.14. The van der Waals surface area contributed by atoms with Gasteiger partial charge in [-0.2, -0.15) is 4.98 Å². The summed E-state index contributed by atoms with van der Waals surface area (Å²) in [6.45, 7) is 3.79. The predicted octanol–water partition coefficient (Wildman–Crippen LogP) is 2.69. The molecule has 0 aliphatic carbocycles. The van der Waals surface area contributed by atoms with Crippen LogP contribution in [0.5, 0.6) is 5.75 Å². The molecule has 0 bridgehead atoms. The second kappa shape index (κ2) is 7.92. The zero-order chi connectivity index (χ0) is 16.8. The van der Waals surface area contributed by atoms with E-state index in [0.29, 0.717) is 31.1 Å². The molecular formula is C15H17ClFN3O3. The summed E-state index contributed by atoms with van der Waals surface area (Å²) in [5.74, 6) is 0.640. The molecule has 6 nitrogen and oxygen atoms in total. The molecule has 0 unspecified atom stereocenters. The molecule has 23 heavy (non-hydrogen) atoms. The molecule has 0 saturated carbocycles. The fraction of sp³-hybridized carbons (Fsp3) is 0.400. The average Bonchev–Trinajstić information content (AvgIpc) is 2.91. The van der Waals surface area contributed by atoms with Crippen molar-refractivity contribution in [2.45, 2.75) is 32.8 Å². The predicted molar refractivity (Wildman–Crippen MR) is 81.9 cm³/mol. The van der Waals surface area contributed by atoms with Gasteiger partial charge in [0.15, 0.2) is 11.9 Å². The van der Waals surface area contributed by atoms with Crippen LogP contribution >= 0.6 is 11.6 Å². The molecule has 1 amide bonds. The summed E-state index contributed by atoms with van der Waals surface area (Å²) < 4.78 is 23.4. The summed E-state index contributed by atoms with van der Waals surface area (Å²) in [6.07, 6.45) is 0.501. The molecule has 2 rings (SSSR count). The molecule has 0 aliphatic rings. The number of nitrogens with zero attached hydrogens (tertiary/aromatic N) is 2. The molecular weight excluding hydrogens is 325 g/mol. The highest BCUT2D eigenvalue weighted by atomic mass is 35.5. The molecule has 0 fully saturated rings. The van der Waals surface area contributed by atoms with Crippen molar-refractivity contribution in [3.05, 3.63) is 40.8 Å². The van der Waals surface area contributed by atoms with Gasteiger partial charge < -0.3 is 14.6 Å². The number of benzene rings is 1. The highest BCUT2D eigenvalue weighted by Gasteiger charge is 2.16. The number of nitrogens with one attached hydrogen (secondary N) is 1. The minimum absolute atomic E-state index is 0.122. The number of carbonyl (C=O) groups excluding carboxylic acids is 1. The fourth-order valence-corrected chi connectivity index (χ4v) is 2.06. The molecule has 0 spiro atoms. The van der Waals surface area contributed by atoms with Crippen LogP contribution in [-0.4, -0.2) is 28.7 Å². The number of halogens is 2. The summed E-state index contributed by atoms with van der Waals surface area (Å²) in [7, 11) is 0. The van der Waals surface area contributed by atoms with Crippen molar-refractivity contribution < 1.29 is 18.4 Å². The maximum Gasteiger partial charge on any atom is 0.260 e. The Bertz CT molecular complexity index is 678. The third-order valence-electron chi connectivity index (χ3n) is 3.00. The van der Waals surface area contributed by atoms with Crippen molar-refractivity contribution in [1.82, 2.24) is 15.5 Å². The zero-order valence-electron chi connectivity index (χ0n) is 12.8. The lowest BCUT2D eigenvalue weighted by Gasteiger charge is -2.15. The summed E-state index contributed by atoms with van der Waals surface area (Å²) in [6, 6.07) is 3.74. The second-order valence-electron chi connectivity index (χ2n) is 4.96. The van der Waals surface area contributed by atoms with Crippen LogP contribution in [0.3, 0.4) is 0 Å². The van der Waals surface area contributed by atoms with E-state index in [1.54, 1.807) is 13.8 Å².